The maximum absolute atomic E-state index is 13.6. The van der Waals surface area contributed by atoms with Crippen LogP contribution >= 0.6 is 11.3 Å². The lowest BCUT2D eigenvalue weighted by atomic mass is 9.81. The van der Waals surface area contributed by atoms with Crippen molar-refractivity contribution in [1.29, 1.82) is 0 Å². The minimum atomic E-state index is -3.88. The first-order valence-corrected chi connectivity index (χ1v) is 14.8. The van der Waals surface area contributed by atoms with Gasteiger partial charge in [0.25, 0.3) is 0 Å². The number of hydrogen-bond donors (Lipinski definition) is 2. The lowest BCUT2D eigenvalue weighted by Gasteiger charge is -2.25. The molecule has 1 fully saturated rings. The van der Waals surface area contributed by atoms with Crippen molar-refractivity contribution in [2.24, 2.45) is 0 Å². The Bertz CT molecular complexity index is 1720. The van der Waals surface area contributed by atoms with Crippen LogP contribution in [0.2, 0.25) is 0 Å². The summed E-state index contributed by atoms with van der Waals surface area (Å²) in [5.74, 6) is 0.869. The molecule has 6 rings (SSSR count). The summed E-state index contributed by atoms with van der Waals surface area (Å²) in [5, 5.41) is 3.24. The van der Waals surface area contributed by atoms with E-state index >= 15 is 0 Å². The number of furan rings is 1. The van der Waals surface area contributed by atoms with E-state index in [-0.39, 0.29) is 23.9 Å². The number of carbonyl (C=O) groups excluding carboxylic acids is 2. The zero-order chi connectivity index (χ0) is 28.1. The fraction of sp³-hybridized carbons (Fsp3) is 0.308. The topological polar surface area (TPSA) is 147 Å². The highest BCUT2D eigenvalue weighted by Gasteiger charge is 2.50. The molecule has 3 amide bonds. The van der Waals surface area contributed by atoms with Crippen molar-refractivity contribution in [3.8, 4) is 5.88 Å². The summed E-state index contributed by atoms with van der Waals surface area (Å²) < 4.78 is 39.3. The molecule has 4 aromatic rings. The van der Waals surface area contributed by atoms with Crippen LogP contribution in [0.25, 0.3) is 10.3 Å². The second kappa shape index (κ2) is 9.87. The molecule has 2 aliphatic heterocycles. The van der Waals surface area contributed by atoms with Crippen molar-refractivity contribution < 1.29 is 27.2 Å². The zero-order valence-corrected chi connectivity index (χ0v) is 23.3. The molecule has 0 bridgehead atoms. The molecule has 1 aromatic carbocycles. The van der Waals surface area contributed by atoms with Crippen molar-refractivity contribution in [3.05, 3.63) is 60.1 Å². The van der Waals surface area contributed by atoms with Crippen LogP contribution in [0, 0.1) is 0 Å². The molecule has 1 unspecified atom stereocenters. The van der Waals surface area contributed by atoms with Crippen LogP contribution in [-0.2, 0) is 26.8 Å². The Hall–Kier alpha value is -4.01. The molecule has 1 spiro atoms. The highest BCUT2D eigenvalue weighted by molar-refractivity contribution is 7.89. The summed E-state index contributed by atoms with van der Waals surface area (Å²) in [6.07, 6.45) is 2.07. The predicted octanol–water partition coefficient (Wildman–Crippen LogP) is 3.31. The molecule has 40 heavy (non-hydrogen) atoms. The van der Waals surface area contributed by atoms with E-state index in [0.717, 1.165) is 0 Å². The van der Waals surface area contributed by atoms with Gasteiger partial charge in [-0.2, -0.15) is 0 Å². The Kier molecular flexibility index (Phi) is 6.47. The van der Waals surface area contributed by atoms with Crippen molar-refractivity contribution in [3.63, 3.8) is 0 Å². The summed E-state index contributed by atoms with van der Waals surface area (Å²) in [6, 6.07) is 11.2. The van der Waals surface area contributed by atoms with Crippen LogP contribution < -0.4 is 19.7 Å². The number of nitrogens with zero attached hydrogens (tertiary/aromatic N) is 4. The van der Waals surface area contributed by atoms with Gasteiger partial charge in [0.15, 0.2) is 5.13 Å². The first-order chi connectivity index (χ1) is 19.2. The smallest absolute Gasteiger partial charge is 0.328 e. The van der Waals surface area contributed by atoms with E-state index in [1.807, 2.05) is 0 Å². The van der Waals surface area contributed by atoms with Gasteiger partial charge < -0.3 is 14.1 Å². The second-order valence-corrected chi connectivity index (χ2v) is 12.5. The number of nitrogens with one attached hydrogen (secondary N) is 2. The molecule has 2 N–H and O–H groups in total. The van der Waals surface area contributed by atoms with Gasteiger partial charge in [-0.05, 0) is 48.4 Å². The largest absolute Gasteiger partial charge is 0.481 e. The number of amides is 3. The average Bonchev–Trinajstić information content (AvgIpc) is 3.73. The van der Waals surface area contributed by atoms with Gasteiger partial charge in [-0.3, -0.25) is 15.0 Å². The van der Waals surface area contributed by atoms with E-state index in [1.54, 1.807) is 46.2 Å². The van der Waals surface area contributed by atoms with E-state index < -0.39 is 21.5 Å². The van der Waals surface area contributed by atoms with Crippen LogP contribution in [0.1, 0.15) is 24.7 Å². The summed E-state index contributed by atoms with van der Waals surface area (Å²) in [7, 11) is -2.35. The van der Waals surface area contributed by atoms with Crippen molar-refractivity contribution in [2.75, 3.05) is 37.0 Å². The van der Waals surface area contributed by atoms with E-state index in [4.69, 9.17) is 9.15 Å². The molecule has 0 radical (unpaired) electrons. The maximum Gasteiger partial charge on any atom is 0.328 e. The number of pyridine rings is 1. The third-order valence-corrected chi connectivity index (χ3v) is 9.59. The number of anilines is 2. The van der Waals surface area contributed by atoms with Gasteiger partial charge in [0.05, 0.1) is 24.8 Å². The fourth-order valence-corrected chi connectivity index (χ4v) is 7.11. The van der Waals surface area contributed by atoms with Gasteiger partial charge >= 0.3 is 6.03 Å². The third-order valence-electron chi connectivity index (χ3n) is 7.32. The van der Waals surface area contributed by atoms with Crippen LogP contribution in [-0.4, -0.2) is 62.0 Å². The molecule has 2 aliphatic rings. The first kappa shape index (κ1) is 26.2. The van der Waals surface area contributed by atoms with E-state index in [0.29, 0.717) is 57.9 Å². The van der Waals surface area contributed by atoms with Crippen molar-refractivity contribution >= 4 is 54.5 Å². The summed E-state index contributed by atoms with van der Waals surface area (Å²) in [5.41, 5.74) is 1.33. The van der Waals surface area contributed by atoms with Crippen LogP contribution in [0.5, 0.6) is 5.88 Å². The molecule has 5 heterocycles. The molecule has 0 saturated carbocycles. The average molecular weight is 583 g/mol. The lowest BCUT2D eigenvalue weighted by molar-refractivity contribution is -0.127. The molecule has 208 valence electrons. The number of carbonyl (C=O) groups is 2. The van der Waals surface area contributed by atoms with Crippen LogP contribution in [0.15, 0.2) is 58.0 Å². The number of rotatable bonds is 6. The minimum Gasteiger partial charge on any atom is -0.481 e. The Labute approximate surface area is 234 Å². The zero-order valence-electron chi connectivity index (χ0n) is 21.7. The van der Waals surface area contributed by atoms with Gasteiger partial charge in [0, 0.05) is 43.7 Å². The molecule has 14 heteroatoms. The number of methoxy groups -OCH3 is 1. The Morgan fingerprint density at radius 3 is 2.75 bits per heavy atom. The quantitative estimate of drug-likeness (QED) is 0.352. The first-order valence-electron chi connectivity index (χ1n) is 12.5. The third kappa shape index (κ3) is 4.67. The van der Waals surface area contributed by atoms with E-state index in [9.17, 15) is 18.0 Å². The lowest BCUT2D eigenvalue weighted by Crippen LogP contribution is -2.41. The van der Waals surface area contributed by atoms with Gasteiger partial charge in [-0.25, -0.2) is 27.9 Å². The number of likely N-dealkylation sites (tertiary alicyclic amines) is 1. The number of fused-ring (bicyclic) bond motifs is 3. The molecule has 1 atom stereocenters. The van der Waals surface area contributed by atoms with Crippen molar-refractivity contribution in [2.45, 2.75) is 30.2 Å². The maximum atomic E-state index is 13.6. The van der Waals surface area contributed by atoms with Crippen LogP contribution in [0.3, 0.4) is 0 Å². The number of benzene rings is 1. The second-order valence-electron chi connectivity index (χ2n) is 9.77. The highest BCUT2D eigenvalue weighted by atomic mass is 32.2. The predicted molar refractivity (Wildman–Crippen MR) is 148 cm³/mol. The monoisotopic (exact) mass is 582 g/mol. The fourth-order valence-electron chi connectivity index (χ4n) is 5.28. The summed E-state index contributed by atoms with van der Waals surface area (Å²) in [6.45, 7) is 2.71. The van der Waals surface area contributed by atoms with E-state index in [1.165, 1.54) is 37.7 Å². The molecular weight excluding hydrogens is 556 g/mol. The molecular formula is C26H26N6O6S2. The Balaban J connectivity index is 1.31. The van der Waals surface area contributed by atoms with Crippen LogP contribution in [0.4, 0.5) is 15.6 Å². The summed E-state index contributed by atoms with van der Waals surface area (Å²) >= 11 is 1.22. The molecule has 0 aliphatic carbocycles. The number of sulfonamides is 1. The molecule has 3 aromatic heterocycles. The normalized spacial score (nSPS) is 18.4. The Morgan fingerprint density at radius 1 is 1.18 bits per heavy atom. The number of urea groups is 1. The number of aromatic nitrogens is 2. The van der Waals surface area contributed by atoms with Gasteiger partial charge in [-0.1, -0.05) is 11.3 Å². The SMILES string of the molecule is COc1ccc2nc(NC(=O)N3CC4(CCN(C(C)=O)C4)c4cc(S(=O)(=O)NCc5ccco5)ccc43)sc2n1. The van der Waals surface area contributed by atoms with Gasteiger partial charge in [-0.15, -0.1) is 0 Å². The summed E-state index contributed by atoms with van der Waals surface area (Å²) in [4.78, 5) is 38.6. The van der Waals surface area contributed by atoms with E-state index in [2.05, 4.69) is 20.0 Å². The number of ether oxygens (including phenoxy) is 1. The highest BCUT2D eigenvalue weighted by Crippen LogP contribution is 2.47. The van der Waals surface area contributed by atoms with Gasteiger partial charge in [0.1, 0.15) is 16.1 Å². The standard InChI is InChI=1S/C26H26N6O6S2/c1-16(33)31-10-9-26(14-31)15-32(25(34)30-24-28-20-6-8-22(37-2)29-23(20)39-24)21-7-5-18(12-19(21)26)40(35,36)27-13-17-4-3-11-38-17/h3-8,11-12,27H,9-10,13-15H2,1-2H3,(H,28,30,34). The number of hydrogen-bond acceptors (Lipinski definition) is 9. The molecule has 1 saturated heterocycles. The van der Waals surface area contributed by atoms with Crippen molar-refractivity contribution in [1.82, 2.24) is 19.6 Å². The number of thiazole rings is 1. The molecule has 12 nitrogen and oxygen atoms in total. The minimum absolute atomic E-state index is 0.00705. The Morgan fingerprint density at radius 2 is 2.02 bits per heavy atom. The van der Waals surface area contributed by atoms with Gasteiger partial charge in [0.2, 0.25) is 21.8 Å².